The quantitative estimate of drug-likeness (QED) is 0.168. The summed E-state index contributed by atoms with van der Waals surface area (Å²) in [5.41, 5.74) is 20.9. The zero-order valence-corrected chi connectivity index (χ0v) is 34.2. The molecule has 2 heteroatoms. The molecule has 57 heavy (non-hydrogen) atoms. The lowest BCUT2D eigenvalue weighted by atomic mass is 9.67. The van der Waals surface area contributed by atoms with Gasteiger partial charge in [0.1, 0.15) is 0 Å². The third-order valence-corrected chi connectivity index (χ3v) is 14.1. The van der Waals surface area contributed by atoms with E-state index in [-0.39, 0.29) is 10.8 Å². The Balaban J connectivity index is 1.23. The van der Waals surface area contributed by atoms with Crippen molar-refractivity contribution in [1.29, 1.82) is 0 Å². The average molecular weight is 797 g/mol. The molecule has 0 unspecified atom stereocenters. The first-order valence-electron chi connectivity index (χ1n) is 20.0. The monoisotopic (exact) mass is 795 g/mol. The second-order valence-corrected chi connectivity index (χ2v) is 17.8. The Bertz CT molecular complexity index is 2800. The molecule has 0 atom stereocenters. The van der Waals surface area contributed by atoms with Gasteiger partial charge in [-0.25, -0.2) is 0 Å². The third-order valence-electron chi connectivity index (χ3n) is 13.4. The van der Waals surface area contributed by atoms with Crippen LogP contribution in [0, 0.1) is 0 Å². The molecule has 0 fully saturated rings. The molecule has 274 valence electrons. The summed E-state index contributed by atoms with van der Waals surface area (Å²) in [6.45, 7) is 9.51. The standard InChI is InChI=1S/C55H42BrN/c1-53(2)43-21-9-5-17-37(43)41-31-29-35(33-49(41)53)57(36-30-32-42-38-18-6-10-22-44(38)54(3,4)50(42)34-36)52-28-16-14-26-48(52)55(47-25-13-15-27-51(47)56)45-23-11-7-19-39(45)40-20-8-12-24-46(40)55/h5-34H,1-4H3. The Kier molecular flexibility index (Phi) is 7.38. The van der Waals surface area contributed by atoms with Crippen molar-refractivity contribution in [2.24, 2.45) is 0 Å². The Labute approximate surface area is 344 Å². The van der Waals surface area contributed by atoms with E-state index in [0.717, 1.165) is 21.5 Å². The normalized spacial score (nSPS) is 15.5. The van der Waals surface area contributed by atoms with Gasteiger partial charge in [0, 0.05) is 26.7 Å². The van der Waals surface area contributed by atoms with Gasteiger partial charge >= 0.3 is 0 Å². The highest BCUT2D eigenvalue weighted by Crippen LogP contribution is 2.60. The van der Waals surface area contributed by atoms with Crippen LogP contribution in [-0.4, -0.2) is 0 Å². The maximum Gasteiger partial charge on any atom is 0.0744 e. The molecule has 0 aliphatic heterocycles. The number of benzene rings is 8. The van der Waals surface area contributed by atoms with E-state index in [0.29, 0.717) is 0 Å². The van der Waals surface area contributed by atoms with Gasteiger partial charge < -0.3 is 4.90 Å². The van der Waals surface area contributed by atoms with E-state index in [1.165, 1.54) is 77.9 Å². The van der Waals surface area contributed by atoms with Crippen molar-refractivity contribution in [1.82, 2.24) is 0 Å². The van der Waals surface area contributed by atoms with Crippen molar-refractivity contribution in [3.05, 3.63) is 231 Å². The number of fused-ring (bicyclic) bond motifs is 9. The summed E-state index contributed by atoms with van der Waals surface area (Å²) in [6.07, 6.45) is 0. The van der Waals surface area contributed by atoms with Crippen LogP contribution < -0.4 is 4.90 Å². The lowest BCUT2D eigenvalue weighted by Crippen LogP contribution is -2.31. The van der Waals surface area contributed by atoms with Crippen molar-refractivity contribution in [2.45, 2.75) is 43.9 Å². The van der Waals surface area contributed by atoms with Gasteiger partial charge in [-0.05, 0) is 114 Å². The predicted octanol–water partition coefficient (Wildman–Crippen LogP) is 14.9. The van der Waals surface area contributed by atoms with Crippen LogP contribution in [0.5, 0.6) is 0 Å². The molecular formula is C55H42BrN. The second-order valence-electron chi connectivity index (χ2n) is 17.0. The van der Waals surface area contributed by atoms with Gasteiger partial charge in [0.2, 0.25) is 0 Å². The minimum absolute atomic E-state index is 0.145. The van der Waals surface area contributed by atoms with Gasteiger partial charge in [-0.15, -0.1) is 0 Å². The van der Waals surface area contributed by atoms with E-state index in [1.807, 2.05) is 0 Å². The molecular weight excluding hydrogens is 755 g/mol. The zero-order valence-electron chi connectivity index (χ0n) is 32.6. The summed E-state index contributed by atoms with van der Waals surface area (Å²) < 4.78 is 1.09. The van der Waals surface area contributed by atoms with E-state index in [4.69, 9.17) is 0 Å². The van der Waals surface area contributed by atoms with Crippen LogP contribution in [0.1, 0.15) is 72.2 Å². The summed E-state index contributed by atoms with van der Waals surface area (Å²) >= 11 is 4.10. The highest BCUT2D eigenvalue weighted by Gasteiger charge is 2.49. The van der Waals surface area contributed by atoms with Crippen molar-refractivity contribution in [2.75, 3.05) is 4.90 Å². The topological polar surface area (TPSA) is 3.24 Å². The maximum atomic E-state index is 4.10. The fraction of sp³-hybridized carbons (Fsp3) is 0.127. The van der Waals surface area contributed by atoms with Crippen molar-refractivity contribution in [3.63, 3.8) is 0 Å². The van der Waals surface area contributed by atoms with Crippen LogP contribution in [0.4, 0.5) is 17.1 Å². The first kappa shape index (κ1) is 34.3. The number of halogens is 1. The fourth-order valence-corrected chi connectivity index (χ4v) is 11.4. The summed E-state index contributed by atoms with van der Waals surface area (Å²) in [5.74, 6) is 0. The van der Waals surface area contributed by atoms with Gasteiger partial charge in [-0.3, -0.25) is 0 Å². The van der Waals surface area contributed by atoms with Crippen molar-refractivity contribution in [3.8, 4) is 33.4 Å². The number of rotatable bonds is 5. The Morgan fingerprint density at radius 1 is 0.333 bits per heavy atom. The van der Waals surface area contributed by atoms with Crippen LogP contribution in [0.15, 0.2) is 186 Å². The van der Waals surface area contributed by atoms with Crippen LogP contribution in [0.2, 0.25) is 0 Å². The number of anilines is 3. The maximum absolute atomic E-state index is 4.10. The largest absolute Gasteiger partial charge is 0.310 e. The fourth-order valence-electron chi connectivity index (χ4n) is 10.8. The lowest BCUT2D eigenvalue weighted by molar-refractivity contribution is 0.660. The van der Waals surface area contributed by atoms with Gasteiger partial charge in [0.05, 0.1) is 11.1 Å². The molecule has 3 aliphatic carbocycles. The summed E-state index contributed by atoms with van der Waals surface area (Å²) in [4.78, 5) is 2.55. The summed E-state index contributed by atoms with van der Waals surface area (Å²) in [6, 6.07) is 68.3. The number of hydrogen-bond acceptors (Lipinski definition) is 1. The van der Waals surface area contributed by atoms with Gasteiger partial charge in [0.15, 0.2) is 0 Å². The van der Waals surface area contributed by atoms with Gasteiger partial charge in [-0.1, -0.05) is 189 Å². The van der Waals surface area contributed by atoms with E-state index in [1.54, 1.807) is 0 Å². The molecule has 0 N–H and O–H groups in total. The highest BCUT2D eigenvalue weighted by molar-refractivity contribution is 9.10. The zero-order chi connectivity index (χ0) is 38.7. The molecule has 0 aromatic heterocycles. The van der Waals surface area contributed by atoms with Crippen LogP contribution in [0.3, 0.4) is 0 Å². The van der Waals surface area contributed by atoms with E-state index >= 15 is 0 Å². The van der Waals surface area contributed by atoms with Gasteiger partial charge in [-0.2, -0.15) is 0 Å². The molecule has 0 saturated carbocycles. The smallest absolute Gasteiger partial charge is 0.0744 e. The van der Waals surface area contributed by atoms with Crippen molar-refractivity contribution >= 4 is 33.0 Å². The van der Waals surface area contributed by atoms with E-state index in [2.05, 4.69) is 231 Å². The van der Waals surface area contributed by atoms with E-state index in [9.17, 15) is 0 Å². The first-order chi connectivity index (χ1) is 27.7. The Morgan fingerprint density at radius 2 is 0.684 bits per heavy atom. The minimum Gasteiger partial charge on any atom is -0.310 e. The highest BCUT2D eigenvalue weighted by atomic mass is 79.9. The first-order valence-corrected chi connectivity index (χ1v) is 20.8. The molecule has 0 saturated heterocycles. The average Bonchev–Trinajstić information content (AvgIpc) is 3.76. The molecule has 8 aromatic carbocycles. The predicted molar refractivity (Wildman–Crippen MR) is 241 cm³/mol. The molecule has 0 bridgehead atoms. The van der Waals surface area contributed by atoms with Gasteiger partial charge in [0.25, 0.3) is 0 Å². The minimum atomic E-state index is -0.611. The molecule has 8 aromatic rings. The Hall–Kier alpha value is -5.96. The summed E-state index contributed by atoms with van der Waals surface area (Å²) in [7, 11) is 0. The molecule has 1 nitrogen and oxygen atoms in total. The molecule has 11 rings (SSSR count). The number of nitrogens with zero attached hydrogens (tertiary/aromatic N) is 1. The second kappa shape index (κ2) is 12.3. The lowest BCUT2D eigenvalue weighted by Gasteiger charge is -2.39. The van der Waals surface area contributed by atoms with E-state index < -0.39 is 5.41 Å². The summed E-state index contributed by atoms with van der Waals surface area (Å²) in [5, 5.41) is 0. The molecule has 0 heterocycles. The Morgan fingerprint density at radius 3 is 1.16 bits per heavy atom. The number of para-hydroxylation sites is 1. The van der Waals surface area contributed by atoms with Crippen LogP contribution >= 0.6 is 15.9 Å². The SMILES string of the molecule is CC1(C)c2ccccc2-c2ccc(N(c3ccc4c(c3)C(C)(C)c3ccccc3-4)c3ccccc3C3(c4ccccc4Br)c4ccccc4-c4ccccc43)cc21. The van der Waals surface area contributed by atoms with Crippen molar-refractivity contribution < 1.29 is 0 Å². The van der Waals surface area contributed by atoms with Crippen LogP contribution in [-0.2, 0) is 16.2 Å². The molecule has 0 radical (unpaired) electrons. The molecule has 3 aliphatic rings. The van der Waals surface area contributed by atoms with Crippen LogP contribution in [0.25, 0.3) is 33.4 Å². The molecule has 0 amide bonds. The third kappa shape index (κ3) is 4.62. The molecule has 0 spiro atoms. The number of hydrogen-bond donors (Lipinski definition) is 0.